The van der Waals surface area contributed by atoms with Crippen molar-refractivity contribution < 1.29 is 14.3 Å². The van der Waals surface area contributed by atoms with E-state index in [1.807, 2.05) is 0 Å². The van der Waals surface area contributed by atoms with Gasteiger partial charge in [0.25, 0.3) is 0 Å². The first-order valence-electron chi connectivity index (χ1n) is 5.00. The Labute approximate surface area is 116 Å². The summed E-state index contributed by atoms with van der Waals surface area (Å²) in [5.41, 5.74) is 0.977. The fourth-order valence-electron chi connectivity index (χ4n) is 1.55. The molecular weight excluding hydrogens is 324 g/mol. The molecule has 0 spiro atoms. The van der Waals surface area contributed by atoms with Gasteiger partial charge in [-0.2, -0.15) is 0 Å². The van der Waals surface area contributed by atoms with Crippen molar-refractivity contribution in [2.24, 2.45) is 0 Å². The summed E-state index contributed by atoms with van der Waals surface area (Å²) in [5.74, 6) is -1.47. The lowest BCUT2D eigenvalue weighted by molar-refractivity contribution is 0.0697. The molecule has 0 aliphatic carbocycles. The molecule has 2 rings (SSSR count). The van der Waals surface area contributed by atoms with Crippen molar-refractivity contribution in [3.8, 4) is 0 Å². The fourth-order valence-corrected chi connectivity index (χ4v) is 2.23. The van der Waals surface area contributed by atoms with E-state index in [2.05, 4.69) is 15.9 Å². The SMILES string of the molecule is O=C(O)c1cc(Br)n(Cc2ccc(F)c(Cl)c2)c1. The highest BCUT2D eigenvalue weighted by Crippen LogP contribution is 2.20. The van der Waals surface area contributed by atoms with Crippen LogP contribution in [0.2, 0.25) is 5.02 Å². The molecule has 0 bridgehead atoms. The largest absolute Gasteiger partial charge is 0.478 e. The van der Waals surface area contributed by atoms with Gasteiger partial charge in [0.1, 0.15) is 5.82 Å². The number of hydrogen-bond donors (Lipinski definition) is 1. The summed E-state index contributed by atoms with van der Waals surface area (Å²) in [6.45, 7) is 0.411. The van der Waals surface area contributed by atoms with Crippen molar-refractivity contribution in [1.82, 2.24) is 4.57 Å². The lowest BCUT2D eigenvalue weighted by atomic mass is 10.2. The molecule has 0 saturated heterocycles. The van der Waals surface area contributed by atoms with Crippen LogP contribution in [0.4, 0.5) is 4.39 Å². The predicted octanol–water partition coefficient (Wildman–Crippen LogP) is 3.79. The van der Waals surface area contributed by atoms with E-state index in [-0.39, 0.29) is 10.6 Å². The molecule has 18 heavy (non-hydrogen) atoms. The number of aromatic carboxylic acids is 1. The molecule has 0 saturated carbocycles. The van der Waals surface area contributed by atoms with E-state index >= 15 is 0 Å². The van der Waals surface area contributed by atoms with Crippen LogP contribution in [0.1, 0.15) is 15.9 Å². The molecular formula is C12H8BrClFNO2. The Morgan fingerprint density at radius 3 is 2.72 bits per heavy atom. The van der Waals surface area contributed by atoms with Gasteiger partial charge in [0.15, 0.2) is 0 Å². The van der Waals surface area contributed by atoms with Crippen LogP contribution in [0.15, 0.2) is 35.1 Å². The molecule has 0 aliphatic rings. The summed E-state index contributed by atoms with van der Waals surface area (Å²) in [6, 6.07) is 5.92. The van der Waals surface area contributed by atoms with E-state index in [1.54, 1.807) is 10.6 Å². The molecule has 0 amide bonds. The van der Waals surface area contributed by atoms with Crippen LogP contribution in [0.5, 0.6) is 0 Å². The first-order valence-corrected chi connectivity index (χ1v) is 6.17. The van der Waals surface area contributed by atoms with Crippen LogP contribution >= 0.6 is 27.5 Å². The maximum atomic E-state index is 13.0. The minimum atomic E-state index is -0.994. The van der Waals surface area contributed by atoms with Gasteiger partial charge in [-0.3, -0.25) is 0 Å². The zero-order valence-corrected chi connectivity index (χ0v) is 11.4. The van der Waals surface area contributed by atoms with Crippen LogP contribution < -0.4 is 0 Å². The topological polar surface area (TPSA) is 42.2 Å². The number of benzene rings is 1. The normalized spacial score (nSPS) is 10.6. The molecule has 6 heteroatoms. The van der Waals surface area contributed by atoms with E-state index in [0.29, 0.717) is 11.1 Å². The van der Waals surface area contributed by atoms with Crippen molar-refractivity contribution >= 4 is 33.5 Å². The quantitative estimate of drug-likeness (QED) is 0.929. The van der Waals surface area contributed by atoms with Crippen molar-refractivity contribution in [1.29, 1.82) is 0 Å². The zero-order valence-electron chi connectivity index (χ0n) is 9.03. The zero-order chi connectivity index (χ0) is 13.3. The molecule has 0 atom stereocenters. The molecule has 0 fully saturated rings. The smallest absolute Gasteiger partial charge is 0.337 e. The third kappa shape index (κ3) is 2.73. The van der Waals surface area contributed by atoms with Gasteiger partial charge in [0.2, 0.25) is 0 Å². The Bertz CT molecular complexity index is 612. The van der Waals surface area contributed by atoms with Gasteiger partial charge in [0.05, 0.1) is 15.2 Å². The number of halogens is 3. The highest BCUT2D eigenvalue weighted by Gasteiger charge is 2.10. The molecule has 1 aromatic carbocycles. The van der Waals surface area contributed by atoms with E-state index in [4.69, 9.17) is 16.7 Å². The minimum Gasteiger partial charge on any atom is -0.478 e. The lowest BCUT2D eigenvalue weighted by Gasteiger charge is -2.06. The summed E-state index contributed by atoms with van der Waals surface area (Å²) in [5, 5.41) is 8.91. The Morgan fingerprint density at radius 2 is 2.17 bits per heavy atom. The van der Waals surface area contributed by atoms with Crippen LogP contribution in [-0.4, -0.2) is 15.6 Å². The number of nitrogens with zero attached hydrogens (tertiary/aromatic N) is 1. The minimum absolute atomic E-state index is 0.0502. The summed E-state index contributed by atoms with van der Waals surface area (Å²) in [6.07, 6.45) is 1.50. The van der Waals surface area contributed by atoms with E-state index in [9.17, 15) is 9.18 Å². The second kappa shape index (κ2) is 5.12. The van der Waals surface area contributed by atoms with Crippen LogP contribution in [0.25, 0.3) is 0 Å². The van der Waals surface area contributed by atoms with E-state index in [0.717, 1.165) is 5.56 Å². The highest BCUT2D eigenvalue weighted by atomic mass is 79.9. The van der Waals surface area contributed by atoms with Crippen LogP contribution in [0.3, 0.4) is 0 Å². The third-order valence-electron chi connectivity index (χ3n) is 2.43. The summed E-state index contributed by atoms with van der Waals surface area (Å²) >= 11 is 8.95. The summed E-state index contributed by atoms with van der Waals surface area (Å²) < 4.78 is 15.3. The Hall–Kier alpha value is -1.33. The monoisotopic (exact) mass is 331 g/mol. The number of rotatable bonds is 3. The highest BCUT2D eigenvalue weighted by molar-refractivity contribution is 9.10. The predicted molar refractivity (Wildman–Crippen MR) is 69.6 cm³/mol. The molecule has 0 aliphatic heterocycles. The molecule has 1 aromatic heterocycles. The first kappa shape index (κ1) is 13.1. The molecule has 1 heterocycles. The molecule has 0 radical (unpaired) electrons. The Morgan fingerprint density at radius 1 is 1.44 bits per heavy atom. The molecule has 1 N–H and O–H groups in total. The van der Waals surface area contributed by atoms with E-state index < -0.39 is 11.8 Å². The maximum absolute atomic E-state index is 13.0. The number of carboxylic acid groups (broad SMARTS) is 1. The first-order chi connectivity index (χ1) is 8.47. The number of aromatic nitrogens is 1. The van der Waals surface area contributed by atoms with Gasteiger partial charge in [0, 0.05) is 12.7 Å². The second-order valence-electron chi connectivity index (χ2n) is 3.73. The lowest BCUT2D eigenvalue weighted by Crippen LogP contribution is -1.99. The average Bonchev–Trinajstić information content (AvgIpc) is 2.66. The molecule has 2 aromatic rings. The van der Waals surface area contributed by atoms with Gasteiger partial charge in [-0.05, 0) is 39.7 Å². The summed E-state index contributed by atoms with van der Waals surface area (Å²) in [4.78, 5) is 10.8. The Balaban J connectivity index is 2.28. The van der Waals surface area contributed by atoms with Gasteiger partial charge >= 0.3 is 5.97 Å². The van der Waals surface area contributed by atoms with Gasteiger partial charge < -0.3 is 9.67 Å². The van der Waals surface area contributed by atoms with Crippen LogP contribution in [0, 0.1) is 5.82 Å². The maximum Gasteiger partial charge on any atom is 0.337 e. The second-order valence-corrected chi connectivity index (χ2v) is 4.95. The van der Waals surface area contributed by atoms with Gasteiger partial charge in [-0.25, -0.2) is 9.18 Å². The van der Waals surface area contributed by atoms with E-state index in [1.165, 1.54) is 24.4 Å². The van der Waals surface area contributed by atoms with Crippen molar-refractivity contribution in [2.45, 2.75) is 6.54 Å². The van der Waals surface area contributed by atoms with Crippen molar-refractivity contribution in [2.75, 3.05) is 0 Å². The standard InChI is InChI=1S/C12H8BrClFNO2/c13-11-4-8(12(17)18)6-16(11)5-7-1-2-10(15)9(14)3-7/h1-4,6H,5H2,(H,17,18). The number of carboxylic acids is 1. The van der Waals surface area contributed by atoms with Crippen LogP contribution in [-0.2, 0) is 6.54 Å². The molecule has 3 nitrogen and oxygen atoms in total. The Kier molecular flexibility index (Phi) is 3.73. The number of hydrogen-bond acceptors (Lipinski definition) is 1. The summed E-state index contributed by atoms with van der Waals surface area (Å²) in [7, 11) is 0. The van der Waals surface area contributed by atoms with Crippen molar-refractivity contribution in [3.05, 3.63) is 57.0 Å². The van der Waals surface area contributed by atoms with Gasteiger partial charge in [-0.15, -0.1) is 0 Å². The average molecular weight is 333 g/mol. The fraction of sp³-hybridized carbons (Fsp3) is 0.0833. The van der Waals surface area contributed by atoms with Gasteiger partial charge in [-0.1, -0.05) is 17.7 Å². The van der Waals surface area contributed by atoms with Crippen molar-refractivity contribution in [3.63, 3.8) is 0 Å². The third-order valence-corrected chi connectivity index (χ3v) is 3.40. The number of carbonyl (C=O) groups is 1. The molecule has 94 valence electrons. The molecule has 0 unspecified atom stereocenters.